The molecule has 1 atom stereocenters. The van der Waals surface area contributed by atoms with Crippen LogP contribution in [0.4, 0.5) is 0 Å². The Morgan fingerprint density at radius 3 is 0.870 bits per heavy atom. The summed E-state index contributed by atoms with van der Waals surface area (Å²) < 4.78 is 16.9. The average molecular weight is 1080 g/mol. The summed E-state index contributed by atoms with van der Waals surface area (Å²) in [7, 11) is 0. The summed E-state index contributed by atoms with van der Waals surface area (Å²) in [4.78, 5) is 38.3. The van der Waals surface area contributed by atoms with E-state index in [1.807, 2.05) is 6.08 Å². The molecule has 446 valence electrons. The summed E-state index contributed by atoms with van der Waals surface area (Å²) >= 11 is 0. The molecule has 0 bridgehead atoms. The lowest BCUT2D eigenvalue weighted by Crippen LogP contribution is -2.30. The summed E-state index contributed by atoms with van der Waals surface area (Å²) in [5, 5.41) is 0. The van der Waals surface area contributed by atoms with Crippen LogP contribution in [-0.2, 0) is 28.6 Å². The lowest BCUT2D eigenvalue weighted by Gasteiger charge is -2.18. The van der Waals surface area contributed by atoms with Crippen LogP contribution in [0.25, 0.3) is 0 Å². The van der Waals surface area contributed by atoms with E-state index >= 15 is 0 Å². The minimum atomic E-state index is -0.805. The second kappa shape index (κ2) is 65.4. The fourth-order valence-corrected chi connectivity index (χ4v) is 9.68. The molecule has 0 rings (SSSR count). The Morgan fingerprint density at radius 2 is 0.532 bits per heavy atom. The zero-order valence-electron chi connectivity index (χ0n) is 51.2. The molecule has 0 aromatic rings. The van der Waals surface area contributed by atoms with Crippen LogP contribution < -0.4 is 0 Å². The zero-order chi connectivity index (χ0) is 55.7. The van der Waals surface area contributed by atoms with Gasteiger partial charge in [0.05, 0.1) is 0 Å². The minimum Gasteiger partial charge on any atom is -0.462 e. The molecule has 0 aromatic carbocycles. The fraction of sp³-hybridized carbons (Fsp3) is 0.789. The van der Waals surface area contributed by atoms with Gasteiger partial charge in [0.2, 0.25) is 0 Å². The maximum atomic E-state index is 12.9. The van der Waals surface area contributed by atoms with Gasteiger partial charge in [-0.15, -0.1) is 0 Å². The number of rotatable bonds is 61. The Hall–Kier alpha value is -3.15. The summed E-state index contributed by atoms with van der Waals surface area (Å²) in [5.74, 6) is -0.967. The maximum absolute atomic E-state index is 12.9. The fourth-order valence-electron chi connectivity index (χ4n) is 9.68. The van der Waals surface area contributed by atoms with E-state index in [2.05, 4.69) is 87.6 Å². The molecule has 0 fully saturated rings. The van der Waals surface area contributed by atoms with Crippen LogP contribution >= 0.6 is 0 Å². The van der Waals surface area contributed by atoms with E-state index in [9.17, 15) is 14.4 Å². The number of unbranched alkanes of at least 4 members (excludes halogenated alkanes) is 38. The van der Waals surface area contributed by atoms with Gasteiger partial charge in [-0.1, -0.05) is 299 Å². The predicted octanol–water partition coefficient (Wildman–Crippen LogP) is 22.9. The van der Waals surface area contributed by atoms with Gasteiger partial charge >= 0.3 is 17.9 Å². The molecule has 1 unspecified atom stereocenters. The van der Waals surface area contributed by atoms with Crippen molar-refractivity contribution in [2.45, 2.75) is 348 Å². The number of esters is 3. The molecular weight excluding hydrogens is 949 g/mol. The Labute approximate surface area is 478 Å². The number of hydrogen-bond acceptors (Lipinski definition) is 6. The molecule has 0 amide bonds. The van der Waals surface area contributed by atoms with Crippen LogP contribution in [0.15, 0.2) is 72.9 Å². The van der Waals surface area contributed by atoms with Gasteiger partial charge in [0.15, 0.2) is 6.10 Å². The van der Waals surface area contributed by atoms with Gasteiger partial charge in [0.25, 0.3) is 0 Å². The third kappa shape index (κ3) is 63.6. The number of ether oxygens (including phenoxy) is 3. The zero-order valence-corrected chi connectivity index (χ0v) is 51.2. The van der Waals surface area contributed by atoms with Gasteiger partial charge in [-0.25, -0.2) is 0 Å². The maximum Gasteiger partial charge on any atom is 0.306 e. The smallest absolute Gasteiger partial charge is 0.306 e. The van der Waals surface area contributed by atoms with Gasteiger partial charge in [0, 0.05) is 19.3 Å². The lowest BCUT2D eigenvalue weighted by molar-refractivity contribution is -0.166. The first-order valence-corrected chi connectivity index (χ1v) is 33.4. The molecule has 0 saturated carbocycles. The minimum absolute atomic E-state index is 0.0957. The van der Waals surface area contributed by atoms with Crippen molar-refractivity contribution in [2.75, 3.05) is 13.2 Å². The molecule has 6 heteroatoms. The lowest BCUT2D eigenvalue weighted by atomic mass is 10.0. The van der Waals surface area contributed by atoms with Gasteiger partial charge in [-0.3, -0.25) is 14.4 Å². The number of hydrogen-bond donors (Lipinski definition) is 0. The SMILES string of the molecule is CC/C=C\C/C=C\C/C=C\C/C=C\CCC(=O)OCC(COC(=O)CCCCCCCCCCCCCCCCC/C=C\CCCCCCCCCC)OC(=O)CCCCCCCCCCC/C=C\CCCCCCCC. The number of carbonyl (C=O) groups is 3. The van der Waals surface area contributed by atoms with Gasteiger partial charge in [-0.05, 0) is 96.3 Å². The highest BCUT2D eigenvalue weighted by Crippen LogP contribution is 2.17. The average Bonchev–Trinajstić information content (AvgIpc) is 3.43. The highest BCUT2D eigenvalue weighted by molar-refractivity contribution is 5.71. The molecule has 0 aliphatic rings. The molecule has 0 N–H and O–H groups in total. The number of allylic oxidation sites excluding steroid dienone is 12. The Kier molecular flexibility index (Phi) is 62.7. The number of carbonyl (C=O) groups excluding carboxylic acids is 3. The molecule has 6 nitrogen and oxygen atoms in total. The Balaban J connectivity index is 4.27. The summed E-state index contributed by atoms with van der Waals surface area (Å²) in [6.45, 7) is 6.50. The highest BCUT2D eigenvalue weighted by atomic mass is 16.6. The van der Waals surface area contributed by atoms with Crippen molar-refractivity contribution >= 4 is 17.9 Å². The third-order valence-corrected chi connectivity index (χ3v) is 14.7. The van der Waals surface area contributed by atoms with Crippen LogP contribution in [0, 0.1) is 0 Å². The first-order valence-electron chi connectivity index (χ1n) is 33.4. The standard InChI is InChI=1S/C71H126O6/c1-4-7-10-13-16-19-22-25-27-29-31-32-33-34-35-36-37-38-40-41-43-46-49-52-55-58-61-64-70(73)76-67-68(66-75-69(72)63-60-57-54-51-48-45-24-21-18-15-12-9-6-3)77-71(74)65-62-59-56-53-50-47-44-42-39-30-28-26-23-20-17-14-11-8-5-2/h9,12,18,21,26,28-29,31,45,48,54,57,68H,4-8,10-11,13-17,19-20,22-25,27,30,32-44,46-47,49-53,55-56,58-67H2,1-3H3/b12-9-,21-18-,28-26-,31-29-,48-45-,57-54-. The van der Waals surface area contributed by atoms with Crippen molar-refractivity contribution in [3.8, 4) is 0 Å². The largest absolute Gasteiger partial charge is 0.462 e. The molecule has 0 aliphatic carbocycles. The second-order valence-corrected chi connectivity index (χ2v) is 22.3. The molecule has 0 saturated heterocycles. The van der Waals surface area contributed by atoms with Crippen LogP contribution in [0.1, 0.15) is 342 Å². The second-order valence-electron chi connectivity index (χ2n) is 22.3. The van der Waals surface area contributed by atoms with E-state index in [1.165, 1.54) is 231 Å². The van der Waals surface area contributed by atoms with Crippen molar-refractivity contribution in [2.24, 2.45) is 0 Å². The molecule has 0 aromatic heterocycles. The predicted molar refractivity (Wildman–Crippen MR) is 335 cm³/mol. The molecule has 0 radical (unpaired) electrons. The normalized spacial score (nSPS) is 12.5. The van der Waals surface area contributed by atoms with Gasteiger partial charge in [0.1, 0.15) is 13.2 Å². The first kappa shape index (κ1) is 73.8. The van der Waals surface area contributed by atoms with Gasteiger partial charge in [-0.2, -0.15) is 0 Å². The van der Waals surface area contributed by atoms with Crippen molar-refractivity contribution in [3.05, 3.63) is 72.9 Å². The van der Waals surface area contributed by atoms with Crippen LogP contribution in [0.2, 0.25) is 0 Å². The topological polar surface area (TPSA) is 78.9 Å². The van der Waals surface area contributed by atoms with Crippen molar-refractivity contribution in [1.29, 1.82) is 0 Å². The third-order valence-electron chi connectivity index (χ3n) is 14.7. The van der Waals surface area contributed by atoms with Crippen LogP contribution in [0.3, 0.4) is 0 Å². The van der Waals surface area contributed by atoms with E-state index < -0.39 is 6.10 Å². The first-order chi connectivity index (χ1) is 38.0. The molecule has 0 heterocycles. The summed E-state index contributed by atoms with van der Waals surface area (Å²) in [5.41, 5.74) is 0. The summed E-state index contributed by atoms with van der Waals surface area (Å²) in [6, 6.07) is 0. The van der Waals surface area contributed by atoms with E-state index in [-0.39, 0.29) is 37.5 Å². The van der Waals surface area contributed by atoms with Crippen LogP contribution in [-0.4, -0.2) is 37.2 Å². The Morgan fingerprint density at radius 1 is 0.273 bits per heavy atom. The molecule has 0 spiro atoms. The van der Waals surface area contributed by atoms with E-state index in [4.69, 9.17) is 14.2 Å². The summed E-state index contributed by atoms with van der Waals surface area (Å²) in [6.07, 6.45) is 85.2. The molecule has 0 aliphatic heterocycles. The van der Waals surface area contributed by atoms with Crippen molar-refractivity contribution in [1.82, 2.24) is 0 Å². The van der Waals surface area contributed by atoms with E-state index in [0.717, 1.165) is 64.2 Å². The highest BCUT2D eigenvalue weighted by Gasteiger charge is 2.19. The van der Waals surface area contributed by atoms with Crippen molar-refractivity contribution < 1.29 is 28.6 Å². The molecular formula is C71H126O6. The van der Waals surface area contributed by atoms with E-state index in [0.29, 0.717) is 19.3 Å². The van der Waals surface area contributed by atoms with E-state index in [1.54, 1.807) is 0 Å². The monoisotopic (exact) mass is 1070 g/mol. The quantitative estimate of drug-likeness (QED) is 0.0261. The van der Waals surface area contributed by atoms with Crippen LogP contribution in [0.5, 0.6) is 0 Å². The van der Waals surface area contributed by atoms with Crippen molar-refractivity contribution in [3.63, 3.8) is 0 Å². The molecule has 77 heavy (non-hydrogen) atoms. The Bertz CT molecular complexity index is 1420. The van der Waals surface area contributed by atoms with Gasteiger partial charge < -0.3 is 14.2 Å².